The van der Waals surface area contributed by atoms with Gasteiger partial charge in [0.2, 0.25) is 5.91 Å². The van der Waals surface area contributed by atoms with Crippen molar-refractivity contribution in [2.45, 2.75) is 18.9 Å². The number of anilines is 2. The Labute approximate surface area is 145 Å². The number of nitrogens with two attached hydrogens (primary N) is 1. The van der Waals surface area contributed by atoms with Gasteiger partial charge in [0, 0.05) is 38.6 Å². The van der Waals surface area contributed by atoms with Crippen LogP contribution in [0.4, 0.5) is 11.6 Å². The van der Waals surface area contributed by atoms with Crippen molar-refractivity contribution in [3.05, 3.63) is 41.2 Å². The molecule has 8 heteroatoms. The summed E-state index contributed by atoms with van der Waals surface area (Å²) in [6, 6.07) is 5.65. The number of nitrogens with zero attached hydrogens (tertiary/aromatic N) is 5. The van der Waals surface area contributed by atoms with Crippen LogP contribution in [-0.2, 0) is 0 Å². The summed E-state index contributed by atoms with van der Waals surface area (Å²) >= 11 is 6.29. The lowest BCUT2D eigenvalue weighted by molar-refractivity contribution is 0.1000. The number of carbonyl (C=O) groups is 1. The Bertz CT molecular complexity index is 726. The smallest absolute Gasteiger partial charge is 0.250 e. The van der Waals surface area contributed by atoms with E-state index < -0.39 is 5.91 Å². The van der Waals surface area contributed by atoms with E-state index in [9.17, 15) is 4.79 Å². The van der Waals surface area contributed by atoms with Crippen LogP contribution >= 0.6 is 11.6 Å². The molecule has 126 valence electrons. The monoisotopic (exact) mass is 346 g/mol. The van der Waals surface area contributed by atoms with Gasteiger partial charge in [0.15, 0.2) is 5.82 Å². The van der Waals surface area contributed by atoms with Crippen LogP contribution in [0.25, 0.3) is 0 Å². The molecular weight excluding hydrogens is 328 g/mol. The molecule has 7 nitrogen and oxygen atoms in total. The van der Waals surface area contributed by atoms with Gasteiger partial charge in [-0.05, 0) is 31.0 Å². The van der Waals surface area contributed by atoms with Crippen LogP contribution in [0, 0.1) is 0 Å². The minimum Gasteiger partial charge on any atom is -0.366 e. The maximum atomic E-state index is 11.2. The Morgan fingerprint density at radius 1 is 1.50 bits per heavy atom. The van der Waals surface area contributed by atoms with E-state index in [1.54, 1.807) is 12.3 Å². The zero-order valence-corrected chi connectivity index (χ0v) is 14.1. The van der Waals surface area contributed by atoms with Gasteiger partial charge in [-0.25, -0.2) is 4.98 Å². The van der Waals surface area contributed by atoms with E-state index in [2.05, 4.69) is 25.0 Å². The van der Waals surface area contributed by atoms with Crippen molar-refractivity contribution in [1.29, 1.82) is 0 Å². The van der Waals surface area contributed by atoms with Gasteiger partial charge in [0.1, 0.15) is 5.82 Å². The summed E-state index contributed by atoms with van der Waals surface area (Å²) in [5, 5.41) is 8.55. The van der Waals surface area contributed by atoms with Gasteiger partial charge >= 0.3 is 0 Å². The number of pyridine rings is 1. The van der Waals surface area contributed by atoms with E-state index in [1.165, 1.54) is 6.20 Å². The highest BCUT2D eigenvalue weighted by atomic mass is 35.5. The number of hydrogen-bond acceptors (Lipinski definition) is 6. The molecule has 0 spiro atoms. The van der Waals surface area contributed by atoms with E-state index in [0.29, 0.717) is 16.4 Å². The quantitative estimate of drug-likeness (QED) is 0.907. The van der Waals surface area contributed by atoms with Crippen molar-refractivity contribution in [3.63, 3.8) is 0 Å². The Morgan fingerprint density at radius 3 is 3.00 bits per heavy atom. The first-order chi connectivity index (χ1) is 11.6. The molecule has 2 aromatic rings. The van der Waals surface area contributed by atoms with Gasteiger partial charge in [-0.3, -0.25) is 4.79 Å². The molecule has 0 radical (unpaired) electrons. The van der Waals surface area contributed by atoms with Crippen molar-refractivity contribution in [1.82, 2.24) is 15.2 Å². The summed E-state index contributed by atoms with van der Waals surface area (Å²) in [4.78, 5) is 19.8. The fourth-order valence-electron chi connectivity index (χ4n) is 2.94. The maximum absolute atomic E-state index is 11.2. The molecule has 2 N–H and O–H groups in total. The van der Waals surface area contributed by atoms with E-state index in [1.807, 2.05) is 19.2 Å². The first-order valence-corrected chi connectivity index (χ1v) is 8.15. The highest BCUT2D eigenvalue weighted by molar-refractivity contribution is 6.33. The molecule has 1 atom stereocenters. The molecule has 3 rings (SSSR count). The molecule has 1 unspecified atom stereocenters. The summed E-state index contributed by atoms with van der Waals surface area (Å²) in [7, 11) is 1.96. The van der Waals surface area contributed by atoms with Crippen LogP contribution < -0.4 is 15.5 Å². The standard InChI is InChI=1S/C16H19ClN6O/c1-22(16-13(17)8-11(9-19-16)15(18)24)12-4-3-7-23(10-12)14-5-2-6-20-21-14/h2,5-6,8-9,12H,3-4,7,10H2,1H3,(H2,18,24). The van der Waals surface area contributed by atoms with Crippen LogP contribution in [0.1, 0.15) is 23.2 Å². The number of primary amides is 1. The lowest BCUT2D eigenvalue weighted by Gasteiger charge is -2.38. The van der Waals surface area contributed by atoms with Gasteiger partial charge in [0.25, 0.3) is 0 Å². The molecule has 0 aromatic carbocycles. The number of aromatic nitrogens is 3. The number of amides is 1. The summed E-state index contributed by atoms with van der Waals surface area (Å²) < 4.78 is 0. The number of halogens is 1. The van der Waals surface area contributed by atoms with E-state index in [-0.39, 0.29) is 6.04 Å². The Kier molecular flexibility index (Phi) is 4.80. The highest BCUT2D eigenvalue weighted by Gasteiger charge is 2.26. The van der Waals surface area contributed by atoms with Crippen molar-refractivity contribution in [2.75, 3.05) is 29.9 Å². The second-order valence-electron chi connectivity index (χ2n) is 5.83. The first kappa shape index (κ1) is 16.4. The van der Waals surface area contributed by atoms with Crippen molar-refractivity contribution < 1.29 is 4.79 Å². The van der Waals surface area contributed by atoms with Gasteiger partial charge in [-0.15, -0.1) is 5.10 Å². The number of carbonyl (C=O) groups excluding carboxylic acids is 1. The topological polar surface area (TPSA) is 88.2 Å². The fourth-order valence-corrected chi connectivity index (χ4v) is 3.24. The third kappa shape index (κ3) is 3.41. The number of hydrogen-bond donors (Lipinski definition) is 1. The first-order valence-electron chi connectivity index (χ1n) is 7.77. The second kappa shape index (κ2) is 7.00. The van der Waals surface area contributed by atoms with Crippen molar-refractivity contribution in [2.24, 2.45) is 5.73 Å². The van der Waals surface area contributed by atoms with Gasteiger partial charge < -0.3 is 15.5 Å². The Hall–Kier alpha value is -2.41. The lowest BCUT2D eigenvalue weighted by Crippen LogP contribution is -2.47. The highest BCUT2D eigenvalue weighted by Crippen LogP contribution is 2.28. The molecule has 0 bridgehead atoms. The number of likely N-dealkylation sites (N-methyl/N-ethyl adjacent to an activating group) is 1. The summed E-state index contributed by atoms with van der Waals surface area (Å²) in [5.74, 6) is 0.983. The molecule has 2 aromatic heterocycles. The van der Waals surface area contributed by atoms with E-state index in [0.717, 1.165) is 31.7 Å². The van der Waals surface area contributed by atoms with Gasteiger partial charge in [0.05, 0.1) is 10.6 Å². The maximum Gasteiger partial charge on any atom is 0.250 e. The minimum absolute atomic E-state index is 0.241. The molecular formula is C16H19ClN6O. The molecule has 1 aliphatic heterocycles. The van der Waals surface area contributed by atoms with Crippen LogP contribution in [0.3, 0.4) is 0 Å². The Morgan fingerprint density at radius 2 is 2.33 bits per heavy atom. The minimum atomic E-state index is -0.537. The van der Waals surface area contributed by atoms with Crippen LogP contribution in [0.5, 0.6) is 0 Å². The molecule has 0 saturated carbocycles. The molecule has 1 saturated heterocycles. The summed E-state index contributed by atoms with van der Waals surface area (Å²) in [6.07, 6.45) is 5.20. The molecule has 1 aliphatic rings. The average molecular weight is 347 g/mol. The molecule has 3 heterocycles. The average Bonchev–Trinajstić information content (AvgIpc) is 2.62. The van der Waals surface area contributed by atoms with Crippen LogP contribution in [0.2, 0.25) is 5.02 Å². The van der Waals surface area contributed by atoms with E-state index >= 15 is 0 Å². The molecule has 24 heavy (non-hydrogen) atoms. The van der Waals surface area contributed by atoms with Gasteiger partial charge in [-0.2, -0.15) is 5.10 Å². The predicted octanol–water partition coefficient (Wildman–Crippen LogP) is 1.73. The van der Waals surface area contributed by atoms with Crippen LogP contribution in [-0.4, -0.2) is 47.3 Å². The molecule has 0 aliphatic carbocycles. The second-order valence-corrected chi connectivity index (χ2v) is 6.24. The van der Waals surface area contributed by atoms with Crippen LogP contribution in [0.15, 0.2) is 30.6 Å². The Balaban J connectivity index is 1.77. The number of rotatable bonds is 4. The lowest BCUT2D eigenvalue weighted by atomic mass is 10.0. The zero-order chi connectivity index (χ0) is 17.1. The summed E-state index contributed by atoms with van der Waals surface area (Å²) in [5.41, 5.74) is 5.57. The third-order valence-electron chi connectivity index (χ3n) is 4.27. The molecule has 1 amide bonds. The predicted molar refractivity (Wildman–Crippen MR) is 93.4 cm³/mol. The molecule has 1 fully saturated rings. The SMILES string of the molecule is CN(c1ncc(C(N)=O)cc1Cl)C1CCCN(c2cccnn2)C1. The largest absolute Gasteiger partial charge is 0.366 e. The van der Waals surface area contributed by atoms with Crippen molar-refractivity contribution in [3.8, 4) is 0 Å². The zero-order valence-electron chi connectivity index (χ0n) is 13.4. The van der Waals surface area contributed by atoms with Crippen molar-refractivity contribution >= 4 is 29.1 Å². The number of piperidine rings is 1. The normalized spacial score (nSPS) is 17.6. The van der Waals surface area contributed by atoms with E-state index in [4.69, 9.17) is 17.3 Å². The summed E-state index contributed by atoms with van der Waals surface area (Å²) in [6.45, 7) is 1.76. The fraction of sp³-hybridized carbons (Fsp3) is 0.375. The van der Waals surface area contributed by atoms with Gasteiger partial charge in [-0.1, -0.05) is 11.6 Å². The third-order valence-corrected chi connectivity index (χ3v) is 4.54.